The summed E-state index contributed by atoms with van der Waals surface area (Å²) in [6.07, 6.45) is 0. The maximum atomic E-state index is 13.9. The van der Waals surface area contributed by atoms with Gasteiger partial charge in [0, 0.05) is 12.1 Å². The van der Waals surface area contributed by atoms with Crippen LogP contribution < -0.4 is 4.74 Å². The summed E-state index contributed by atoms with van der Waals surface area (Å²) in [4.78, 5) is 0. The molecule has 0 bridgehead atoms. The fraction of sp³-hybridized carbons (Fsp3) is 0.0625. The fourth-order valence-corrected chi connectivity index (χ4v) is 2.57. The highest BCUT2D eigenvalue weighted by atomic mass is 32.1. The minimum Gasteiger partial charge on any atom is -0.504 e. The van der Waals surface area contributed by atoms with E-state index in [1.807, 2.05) is 0 Å². The molecular formula is C16H11FO4S. The second kappa shape index (κ2) is 5.31. The van der Waals surface area contributed by atoms with E-state index in [9.17, 15) is 14.6 Å². The van der Waals surface area contributed by atoms with Crippen molar-refractivity contribution in [2.45, 2.75) is 0 Å². The summed E-state index contributed by atoms with van der Waals surface area (Å²) in [6, 6.07) is 8.82. The Balaban J connectivity index is 2.35. The number of phenolic OH excluding ortho intramolecular Hbond substituents is 2. The van der Waals surface area contributed by atoms with Crippen LogP contribution in [0.2, 0.25) is 0 Å². The number of hydrogen-bond donors (Lipinski definition) is 2. The quantitative estimate of drug-likeness (QED) is 0.686. The van der Waals surface area contributed by atoms with Gasteiger partial charge in [0.2, 0.25) is 5.75 Å². The Bertz CT molecular complexity index is 933. The summed E-state index contributed by atoms with van der Waals surface area (Å²) in [7, 11) is 1.31. The topological polar surface area (TPSA) is 62.8 Å². The standard InChI is InChI=1S/C16H11FO4S/c1-20-16-10(18)6-12-14(15(16)19)13(22)7-11(21-12)8-4-2-3-5-9(8)17/h2-7,18-19H,1H3. The second-order valence-corrected chi connectivity index (χ2v) is 5.05. The van der Waals surface area contributed by atoms with Gasteiger partial charge in [-0.15, -0.1) is 0 Å². The van der Waals surface area contributed by atoms with Gasteiger partial charge in [0.1, 0.15) is 17.2 Å². The van der Waals surface area contributed by atoms with E-state index in [1.165, 1.54) is 25.3 Å². The van der Waals surface area contributed by atoms with Crippen LogP contribution in [0, 0.1) is 10.3 Å². The van der Waals surface area contributed by atoms with Gasteiger partial charge in [-0.3, -0.25) is 0 Å². The summed E-state index contributed by atoms with van der Waals surface area (Å²) >= 11 is 5.24. The zero-order valence-electron chi connectivity index (χ0n) is 11.5. The number of methoxy groups -OCH3 is 1. The molecule has 0 spiro atoms. The molecule has 3 rings (SSSR count). The Morgan fingerprint density at radius 3 is 2.59 bits per heavy atom. The SMILES string of the molecule is COc1c(O)cc2oc(-c3ccccc3F)cc(=S)c2c1O. The molecule has 0 atom stereocenters. The smallest absolute Gasteiger partial charge is 0.203 e. The Kier molecular flexibility index (Phi) is 3.46. The molecule has 112 valence electrons. The van der Waals surface area contributed by atoms with Crippen molar-refractivity contribution < 1.29 is 23.8 Å². The largest absolute Gasteiger partial charge is 0.504 e. The Morgan fingerprint density at radius 2 is 1.91 bits per heavy atom. The molecule has 22 heavy (non-hydrogen) atoms. The molecule has 0 radical (unpaired) electrons. The van der Waals surface area contributed by atoms with E-state index >= 15 is 0 Å². The zero-order chi connectivity index (χ0) is 15.9. The number of aromatic hydroxyl groups is 2. The summed E-state index contributed by atoms with van der Waals surface area (Å²) < 4.78 is 24.6. The predicted octanol–water partition coefficient (Wildman–Crippen LogP) is 4.39. The van der Waals surface area contributed by atoms with Gasteiger partial charge in [-0.1, -0.05) is 24.4 Å². The number of benzene rings is 2. The van der Waals surface area contributed by atoms with Crippen LogP contribution in [0.15, 0.2) is 40.8 Å². The van der Waals surface area contributed by atoms with Crippen LogP contribution in [0.4, 0.5) is 4.39 Å². The monoisotopic (exact) mass is 318 g/mol. The first-order valence-electron chi connectivity index (χ1n) is 6.34. The van der Waals surface area contributed by atoms with Gasteiger partial charge in [-0.05, 0) is 12.1 Å². The van der Waals surface area contributed by atoms with Crippen LogP contribution in [0.25, 0.3) is 22.3 Å². The summed E-state index contributed by atoms with van der Waals surface area (Å²) in [5, 5.41) is 20.2. The maximum absolute atomic E-state index is 13.9. The van der Waals surface area contributed by atoms with E-state index in [-0.39, 0.29) is 44.1 Å². The first kappa shape index (κ1) is 14.3. The first-order valence-corrected chi connectivity index (χ1v) is 6.75. The third-order valence-electron chi connectivity index (χ3n) is 3.27. The highest BCUT2D eigenvalue weighted by Crippen LogP contribution is 2.43. The average Bonchev–Trinajstić information content (AvgIpc) is 2.47. The van der Waals surface area contributed by atoms with E-state index in [0.29, 0.717) is 0 Å². The molecule has 0 saturated carbocycles. The molecule has 6 heteroatoms. The third-order valence-corrected chi connectivity index (χ3v) is 3.59. The van der Waals surface area contributed by atoms with Crippen molar-refractivity contribution in [1.82, 2.24) is 0 Å². The molecule has 1 aromatic heterocycles. The molecule has 0 amide bonds. The van der Waals surface area contributed by atoms with E-state index < -0.39 is 5.82 Å². The maximum Gasteiger partial charge on any atom is 0.203 e. The minimum absolute atomic E-state index is 0.0903. The number of fused-ring (bicyclic) bond motifs is 1. The van der Waals surface area contributed by atoms with Crippen molar-refractivity contribution >= 4 is 23.2 Å². The molecule has 1 heterocycles. The molecule has 0 saturated heterocycles. The molecule has 2 N–H and O–H groups in total. The van der Waals surface area contributed by atoms with Crippen molar-refractivity contribution in [3.8, 4) is 28.6 Å². The fourth-order valence-electron chi connectivity index (χ4n) is 2.27. The highest BCUT2D eigenvalue weighted by molar-refractivity contribution is 7.71. The van der Waals surface area contributed by atoms with Crippen LogP contribution in [-0.4, -0.2) is 17.3 Å². The number of hydrogen-bond acceptors (Lipinski definition) is 5. The van der Waals surface area contributed by atoms with Crippen LogP contribution in [0.5, 0.6) is 17.2 Å². The van der Waals surface area contributed by atoms with Crippen molar-refractivity contribution in [2.75, 3.05) is 7.11 Å². The van der Waals surface area contributed by atoms with E-state index in [2.05, 4.69) is 0 Å². The summed E-state index contributed by atoms with van der Waals surface area (Å²) in [6.45, 7) is 0. The van der Waals surface area contributed by atoms with Gasteiger partial charge in [-0.25, -0.2) is 4.39 Å². The highest BCUT2D eigenvalue weighted by Gasteiger charge is 2.17. The van der Waals surface area contributed by atoms with Crippen LogP contribution in [0.3, 0.4) is 0 Å². The van der Waals surface area contributed by atoms with E-state index in [4.69, 9.17) is 21.4 Å². The van der Waals surface area contributed by atoms with Gasteiger partial charge in [0.25, 0.3) is 0 Å². The lowest BCUT2D eigenvalue weighted by atomic mass is 10.1. The van der Waals surface area contributed by atoms with Crippen LogP contribution >= 0.6 is 12.2 Å². The van der Waals surface area contributed by atoms with Crippen LogP contribution in [-0.2, 0) is 0 Å². The first-order chi connectivity index (χ1) is 10.5. The zero-order valence-corrected chi connectivity index (χ0v) is 12.3. The molecule has 0 aliphatic rings. The molecule has 2 aromatic carbocycles. The minimum atomic E-state index is -0.457. The van der Waals surface area contributed by atoms with E-state index in [1.54, 1.807) is 18.2 Å². The molecule has 0 unspecified atom stereocenters. The molecule has 0 aliphatic carbocycles. The molecule has 0 aliphatic heterocycles. The van der Waals surface area contributed by atoms with E-state index in [0.717, 1.165) is 0 Å². The number of halogens is 1. The van der Waals surface area contributed by atoms with Crippen molar-refractivity contribution in [2.24, 2.45) is 0 Å². The summed E-state index contributed by atoms with van der Waals surface area (Å²) in [5.41, 5.74) is 0.381. The van der Waals surface area contributed by atoms with Gasteiger partial charge in [-0.2, -0.15) is 0 Å². The van der Waals surface area contributed by atoms with Crippen LogP contribution in [0.1, 0.15) is 0 Å². The summed E-state index contributed by atoms with van der Waals surface area (Å²) in [5.74, 6) is -0.948. The molecule has 4 nitrogen and oxygen atoms in total. The molecular weight excluding hydrogens is 307 g/mol. The van der Waals surface area contributed by atoms with Gasteiger partial charge < -0.3 is 19.4 Å². The molecule has 0 fully saturated rings. The average molecular weight is 318 g/mol. The number of ether oxygens (including phenoxy) is 1. The normalized spacial score (nSPS) is 10.8. The Morgan fingerprint density at radius 1 is 1.18 bits per heavy atom. The number of rotatable bonds is 2. The second-order valence-electron chi connectivity index (χ2n) is 4.61. The van der Waals surface area contributed by atoms with Gasteiger partial charge >= 0.3 is 0 Å². The lowest BCUT2D eigenvalue weighted by Crippen LogP contribution is -1.89. The number of phenols is 2. The molecule has 3 aromatic rings. The Labute approximate surface area is 130 Å². The van der Waals surface area contributed by atoms with Crippen molar-refractivity contribution in [3.05, 3.63) is 46.7 Å². The predicted molar refractivity (Wildman–Crippen MR) is 82.3 cm³/mol. The Hall–Kier alpha value is -2.60. The lowest BCUT2D eigenvalue weighted by Gasteiger charge is -2.10. The van der Waals surface area contributed by atoms with Gasteiger partial charge in [0.05, 0.1) is 22.6 Å². The van der Waals surface area contributed by atoms with Gasteiger partial charge in [0.15, 0.2) is 11.5 Å². The van der Waals surface area contributed by atoms with Crippen molar-refractivity contribution in [3.63, 3.8) is 0 Å². The lowest BCUT2D eigenvalue weighted by molar-refractivity contribution is 0.346. The third kappa shape index (κ3) is 2.17. The van der Waals surface area contributed by atoms with Crippen molar-refractivity contribution in [1.29, 1.82) is 0 Å².